The van der Waals surface area contributed by atoms with Gasteiger partial charge in [-0.05, 0) is 30.5 Å². The molecule has 5 heteroatoms. The largest absolute Gasteiger partial charge is 0.378 e. The lowest BCUT2D eigenvalue weighted by atomic mass is 10.2. The smallest absolute Gasteiger partial charge is 0.123 e. The van der Waals surface area contributed by atoms with E-state index in [9.17, 15) is 4.39 Å². The molecule has 0 saturated carbocycles. The number of anilines is 1. The lowest BCUT2D eigenvalue weighted by molar-refractivity contribution is 0.0940. The Morgan fingerprint density at radius 3 is 2.95 bits per heavy atom. The van der Waals surface area contributed by atoms with Crippen LogP contribution in [-0.4, -0.2) is 22.5 Å². The number of benzene rings is 1. The normalized spacial score (nSPS) is 18.4. The van der Waals surface area contributed by atoms with Gasteiger partial charge in [0.15, 0.2) is 0 Å². The summed E-state index contributed by atoms with van der Waals surface area (Å²) in [6, 6.07) is 6.49. The molecular formula is C15H18FN3O. The number of halogens is 1. The zero-order valence-electron chi connectivity index (χ0n) is 11.3. The van der Waals surface area contributed by atoms with Crippen LogP contribution in [0.4, 0.5) is 10.1 Å². The summed E-state index contributed by atoms with van der Waals surface area (Å²) in [7, 11) is 0. The van der Waals surface area contributed by atoms with Gasteiger partial charge in [-0.25, -0.2) is 4.39 Å². The predicted molar refractivity (Wildman–Crippen MR) is 74.9 cm³/mol. The average Bonchev–Trinajstić information content (AvgIpc) is 3.11. The van der Waals surface area contributed by atoms with Gasteiger partial charge in [0.05, 0.1) is 24.5 Å². The predicted octanol–water partition coefficient (Wildman–Crippen LogP) is 2.81. The number of aromatic nitrogens is 2. The highest BCUT2D eigenvalue weighted by molar-refractivity contribution is 5.39. The highest BCUT2D eigenvalue weighted by atomic mass is 19.1. The van der Waals surface area contributed by atoms with Crippen LogP contribution in [0.3, 0.4) is 0 Å². The standard InChI is InChI=1S/C15H18FN3O/c16-13-5-3-12(4-6-13)8-17-14-9-18-19(10-14)11-15-2-1-7-20-15/h3-6,9-10,15,17H,1-2,7-8,11H2. The lowest BCUT2D eigenvalue weighted by Gasteiger charge is -2.08. The van der Waals surface area contributed by atoms with Crippen LogP contribution in [0.15, 0.2) is 36.7 Å². The highest BCUT2D eigenvalue weighted by Crippen LogP contribution is 2.15. The molecule has 1 N–H and O–H groups in total. The molecule has 20 heavy (non-hydrogen) atoms. The van der Waals surface area contributed by atoms with Crippen LogP contribution >= 0.6 is 0 Å². The molecule has 2 heterocycles. The molecule has 1 fully saturated rings. The summed E-state index contributed by atoms with van der Waals surface area (Å²) in [5.74, 6) is -0.210. The van der Waals surface area contributed by atoms with E-state index in [-0.39, 0.29) is 5.82 Å². The Hall–Kier alpha value is -1.88. The number of nitrogens with zero attached hydrogens (tertiary/aromatic N) is 2. The minimum absolute atomic E-state index is 0.210. The van der Waals surface area contributed by atoms with Crippen LogP contribution in [0.5, 0.6) is 0 Å². The maximum absolute atomic E-state index is 12.8. The van der Waals surface area contributed by atoms with E-state index < -0.39 is 0 Å². The van der Waals surface area contributed by atoms with Gasteiger partial charge in [-0.1, -0.05) is 12.1 Å². The van der Waals surface area contributed by atoms with E-state index in [1.807, 2.05) is 10.9 Å². The Bertz CT molecular complexity index is 547. The van der Waals surface area contributed by atoms with E-state index in [1.165, 1.54) is 12.1 Å². The molecule has 1 atom stereocenters. The second-order valence-corrected chi connectivity index (χ2v) is 5.07. The maximum Gasteiger partial charge on any atom is 0.123 e. The van der Waals surface area contributed by atoms with Crippen molar-refractivity contribution >= 4 is 5.69 Å². The first kappa shape index (κ1) is 13.1. The summed E-state index contributed by atoms with van der Waals surface area (Å²) >= 11 is 0. The Kier molecular flexibility index (Phi) is 3.97. The van der Waals surface area contributed by atoms with Crippen molar-refractivity contribution in [1.82, 2.24) is 9.78 Å². The van der Waals surface area contributed by atoms with Gasteiger partial charge in [0, 0.05) is 19.3 Å². The van der Waals surface area contributed by atoms with E-state index in [4.69, 9.17) is 4.74 Å². The van der Waals surface area contributed by atoms with E-state index in [0.29, 0.717) is 12.6 Å². The third kappa shape index (κ3) is 3.36. The first-order valence-corrected chi connectivity index (χ1v) is 6.92. The molecule has 1 unspecified atom stereocenters. The fourth-order valence-corrected chi connectivity index (χ4v) is 2.36. The number of hydrogen-bond donors (Lipinski definition) is 1. The summed E-state index contributed by atoms with van der Waals surface area (Å²) in [6.45, 7) is 2.33. The van der Waals surface area contributed by atoms with Crippen LogP contribution < -0.4 is 5.32 Å². The van der Waals surface area contributed by atoms with Crippen molar-refractivity contribution in [2.24, 2.45) is 0 Å². The number of hydrogen-bond acceptors (Lipinski definition) is 3. The maximum atomic E-state index is 12.8. The molecule has 1 saturated heterocycles. The van der Waals surface area contributed by atoms with E-state index in [1.54, 1.807) is 18.3 Å². The highest BCUT2D eigenvalue weighted by Gasteiger charge is 2.16. The van der Waals surface area contributed by atoms with Gasteiger partial charge in [0.25, 0.3) is 0 Å². The first-order chi connectivity index (χ1) is 9.79. The van der Waals surface area contributed by atoms with Crippen LogP contribution in [-0.2, 0) is 17.8 Å². The minimum atomic E-state index is -0.210. The molecule has 0 radical (unpaired) electrons. The summed E-state index contributed by atoms with van der Waals surface area (Å²) in [5, 5.41) is 7.60. The van der Waals surface area contributed by atoms with Crippen molar-refractivity contribution in [2.75, 3.05) is 11.9 Å². The Labute approximate surface area is 117 Å². The summed E-state index contributed by atoms with van der Waals surface area (Å²) in [4.78, 5) is 0. The summed E-state index contributed by atoms with van der Waals surface area (Å²) < 4.78 is 20.3. The Morgan fingerprint density at radius 2 is 2.20 bits per heavy atom. The van der Waals surface area contributed by atoms with Gasteiger partial charge in [0.2, 0.25) is 0 Å². The van der Waals surface area contributed by atoms with E-state index >= 15 is 0 Å². The zero-order valence-corrected chi connectivity index (χ0v) is 11.3. The molecule has 0 aliphatic carbocycles. The Morgan fingerprint density at radius 1 is 1.35 bits per heavy atom. The number of ether oxygens (including phenoxy) is 1. The fourth-order valence-electron chi connectivity index (χ4n) is 2.36. The van der Waals surface area contributed by atoms with E-state index in [2.05, 4.69) is 10.4 Å². The molecule has 1 aromatic heterocycles. The molecule has 3 rings (SSSR count). The fraction of sp³-hybridized carbons (Fsp3) is 0.400. The Balaban J connectivity index is 1.52. The molecule has 4 nitrogen and oxygen atoms in total. The molecule has 106 valence electrons. The van der Waals surface area contributed by atoms with Crippen molar-refractivity contribution in [3.63, 3.8) is 0 Å². The summed E-state index contributed by atoms with van der Waals surface area (Å²) in [5.41, 5.74) is 2.01. The van der Waals surface area contributed by atoms with Crippen LogP contribution in [0, 0.1) is 5.82 Å². The molecule has 1 aliphatic rings. The van der Waals surface area contributed by atoms with Gasteiger partial charge in [-0.2, -0.15) is 5.10 Å². The van der Waals surface area contributed by atoms with Crippen LogP contribution in [0.2, 0.25) is 0 Å². The van der Waals surface area contributed by atoms with Gasteiger partial charge in [-0.3, -0.25) is 4.68 Å². The van der Waals surface area contributed by atoms with Gasteiger partial charge in [-0.15, -0.1) is 0 Å². The SMILES string of the molecule is Fc1ccc(CNc2cnn(CC3CCCO3)c2)cc1. The topological polar surface area (TPSA) is 39.1 Å². The summed E-state index contributed by atoms with van der Waals surface area (Å²) in [6.07, 6.45) is 6.32. The molecule has 1 aliphatic heterocycles. The molecule has 0 bridgehead atoms. The van der Waals surface area contributed by atoms with Gasteiger partial charge in [0.1, 0.15) is 5.82 Å². The minimum Gasteiger partial charge on any atom is -0.378 e. The quantitative estimate of drug-likeness (QED) is 0.912. The van der Waals surface area contributed by atoms with Crippen molar-refractivity contribution in [3.8, 4) is 0 Å². The van der Waals surface area contributed by atoms with Crippen molar-refractivity contribution in [3.05, 3.63) is 48.0 Å². The first-order valence-electron chi connectivity index (χ1n) is 6.92. The molecule has 0 spiro atoms. The van der Waals surface area contributed by atoms with Crippen LogP contribution in [0.1, 0.15) is 18.4 Å². The van der Waals surface area contributed by atoms with E-state index in [0.717, 1.165) is 37.2 Å². The monoisotopic (exact) mass is 275 g/mol. The zero-order chi connectivity index (χ0) is 13.8. The third-order valence-electron chi connectivity index (χ3n) is 3.46. The molecule has 2 aromatic rings. The van der Waals surface area contributed by atoms with Crippen molar-refractivity contribution < 1.29 is 9.13 Å². The van der Waals surface area contributed by atoms with Gasteiger partial charge >= 0.3 is 0 Å². The molecule has 1 aromatic carbocycles. The molecular weight excluding hydrogens is 257 g/mol. The second-order valence-electron chi connectivity index (χ2n) is 5.07. The second kappa shape index (κ2) is 6.05. The lowest BCUT2D eigenvalue weighted by Crippen LogP contribution is -2.15. The third-order valence-corrected chi connectivity index (χ3v) is 3.46. The van der Waals surface area contributed by atoms with Crippen LogP contribution in [0.25, 0.3) is 0 Å². The average molecular weight is 275 g/mol. The van der Waals surface area contributed by atoms with Crippen molar-refractivity contribution in [2.45, 2.75) is 32.0 Å². The van der Waals surface area contributed by atoms with Gasteiger partial charge < -0.3 is 10.1 Å². The number of rotatable bonds is 5. The molecule has 0 amide bonds. The van der Waals surface area contributed by atoms with Crippen molar-refractivity contribution in [1.29, 1.82) is 0 Å². The number of nitrogens with one attached hydrogen (secondary N) is 1.